The van der Waals surface area contributed by atoms with E-state index in [4.69, 9.17) is 4.89 Å². The van der Waals surface area contributed by atoms with Gasteiger partial charge in [-0.1, -0.05) is 77.6 Å². The molecule has 0 fully saturated rings. The molecule has 0 unspecified atom stereocenters. The van der Waals surface area contributed by atoms with Crippen molar-refractivity contribution in [3.63, 3.8) is 0 Å². The van der Waals surface area contributed by atoms with Crippen LogP contribution >= 0.6 is 0 Å². The third kappa shape index (κ3) is 19.4. The Kier molecular flexibility index (Phi) is 18.9. The van der Waals surface area contributed by atoms with Crippen molar-refractivity contribution in [1.82, 2.24) is 0 Å². The topological polar surface area (TPSA) is 36.9 Å². The molecule has 0 spiro atoms. The van der Waals surface area contributed by atoms with Gasteiger partial charge in [0, 0.05) is 5.04 Å². The van der Waals surface area contributed by atoms with Crippen LogP contribution in [0.4, 0.5) is 0 Å². The number of hydrogen-bond donors (Lipinski definition) is 0. The summed E-state index contributed by atoms with van der Waals surface area (Å²) in [6, 6.07) is 0. The largest absolute Gasteiger partial charge is 0.314 e. The van der Waals surface area contributed by atoms with Crippen molar-refractivity contribution >= 4 is 0 Å². The molecule has 126 valence electrons. The van der Waals surface area contributed by atoms with Gasteiger partial charge in [-0.05, 0) is 24.5 Å². The van der Waals surface area contributed by atoms with E-state index in [2.05, 4.69) is 21.9 Å². The van der Waals surface area contributed by atoms with Crippen LogP contribution in [0, 0.1) is 0 Å². The monoisotopic (exact) mass is 302 g/mol. The Balaban J connectivity index is 2.93. The second-order valence-electron chi connectivity index (χ2n) is 5.41. The van der Waals surface area contributed by atoms with Crippen LogP contribution in [0.1, 0.15) is 90.9 Å². The number of unbranched alkanes of at least 4 members (excludes halogenated alkanes) is 11. The molecular weight excluding hydrogens is 268 g/mol. The van der Waals surface area contributed by atoms with Gasteiger partial charge in [0.1, 0.15) is 6.26 Å². The minimum Gasteiger partial charge on any atom is -0.314 e. The van der Waals surface area contributed by atoms with Gasteiger partial charge in [-0.3, -0.25) is 0 Å². The van der Waals surface area contributed by atoms with E-state index in [0.29, 0.717) is 6.61 Å². The standard InChI is InChI=1S/C17H34O4/c1-3-5-6-7-8-9-10-11-12-13-14-15-17-19-21-20-18-16-4-2/h4,16H,3,5-15,17H2,1-2H3. The van der Waals surface area contributed by atoms with Crippen LogP contribution in [0.5, 0.6) is 0 Å². The van der Waals surface area contributed by atoms with Crippen LogP contribution < -0.4 is 0 Å². The van der Waals surface area contributed by atoms with E-state index in [1.807, 2.05) is 6.92 Å². The van der Waals surface area contributed by atoms with Gasteiger partial charge in [0.05, 0.1) is 6.61 Å². The van der Waals surface area contributed by atoms with Crippen LogP contribution in [0.25, 0.3) is 0 Å². The second kappa shape index (κ2) is 19.4. The Bertz CT molecular complexity index is 207. The van der Waals surface area contributed by atoms with Crippen molar-refractivity contribution in [2.24, 2.45) is 0 Å². The highest BCUT2D eigenvalue weighted by atomic mass is 17.7. The molecule has 0 bridgehead atoms. The second-order valence-corrected chi connectivity index (χ2v) is 5.41. The normalized spacial score (nSPS) is 11.3. The summed E-state index contributed by atoms with van der Waals surface area (Å²) in [5.74, 6) is 0. The Labute approximate surface area is 130 Å². The van der Waals surface area contributed by atoms with Gasteiger partial charge in [-0.15, -0.1) is 0 Å². The first-order valence-electron chi connectivity index (χ1n) is 8.64. The van der Waals surface area contributed by atoms with Gasteiger partial charge in [-0.25, -0.2) is 4.89 Å². The maximum absolute atomic E-state index is 4.79. The molecule has 0 heterocycles. The van der Waals surface area contributed by atoms with Crippen LogP contribution in [-0.2, 0) is 19.9 Å². The lowest BCUT2D eigenvalue weighted by atomic mass is 10.1. The Morgan fingerprint density at radius 1 is 0.667 bits per heavy atom. The van der Waals surface area contributed by atoms with E-state index in [0.717, 1.165) is 6.42 Å². The Hall–Kier alpha value is -0.580. The maximum atomic E-state index is 4.79. The van der Waals surface area contributed by atoms with Crippen molar-refractivity contribution in [3.8, 4) is 0 Å². The molecule has 4 heteroatoms. The van der Waals surface area contributed by atoms with Gasteiger partial charge in [0.15, 0.2) is 0 Å². The third-order valence-corrected chi connectivity index (χ3v) is 3.39. The molecular formula is C17H34O4. The summed E-state index contributed by atoms with van der Waals surface area (Å²) in [5.41, 5.74) is 0. The molecule has 0 atom stereocenters. The van der Waals surface area contributed by atoms with Crippen molar-refractivity contribution in [2.45, 2.75) is 90.9 Å². The van der Waals surface area contributed by atoms with E-state index >= 15 is 0 Å². The van der Waals surface area contributed by atoms with Crippen molar-refractivity contribution in [1.29, 1.82) is 0 Å². The zero-order valence-corrected chi connectivity index (χ0v) is 14.0. The molecule has 0 aromatic rings. The van der Waals surface area contributed by atoms with Crippen LogP contribution in [0.2, 0.25) is 0 Å². The van der Waals surface area contributed by atoms with Crippen molar-refractivity contribution in [2.75, 3.05) is 6.61 Å². The van der Waals surface area contributed by atoms with Crippen molar-refractivity contribution < 1.29 is 19.9 Å². The maximum Gasteiger partial charge on any atom is 0.128 e. The van der Waals surface area contributed by atoms with Gasteiger partial charge in [-0.2, -0.15) is 0 Å². The first kappa shape index (κ1) is 20.4. The number of allylic oxidation sites excluding steroid dienone is 1. The average Bonchev–Trinajstić information content (AvgIpc) is 2.50. The van der Waals surface area contributed by atoms with Gasteiger partial charge < -0.3 is 4.89 Å². The fourth-order valence-electron chi connectivity index (χ4n) is 2.15. The molecule has 0 amide bonds. The summed E-state index contributed by atoms with van der Waals surface area (Å²) in [5, 5.41) is 8.63. The fraction of sp³-hybridized carbons (Fsp3) is 0.882. The molecule has 0 aliphatic heterocycles. The first-order chi connectivity index (χ1) is 10.4. The quantitative estimate of drug-likeness (QED) is 0.142. The zero-order chi connectivity index (χ0) is 15.4. The molecule has 0 rings (SSSR count). The van der Waals surface area contributed by atoms with Crippen LogP contribution in [0.3, 0.4) is 0 Å². The van der Waals surface area contributed by atoms with E-state index in [-0.39, 0.29) is 0 Å². The average molecular weight is 302 g/mol. The number of hydrogen-bond acceptors (Lipinski definition) is 4. The fourth-order valence-corrected chi connectivity index (χ4v) is 2.15. The summed E-state index contributed by atoms with van der Waals surface area (Å²) < 4.78 is 0. The van der Waals surface area contributed by atoms with Gasteiger partial charge in [0.2, 0.25) is 0 Å². The highest BCUT2D eigenvalue weighted by Gasteiger charge is 1.94. The molecule has 21 heavy (non-hydrogen) atoms. The highest BCUT2D eigenvalue weighted by molar-refractivity contribution is 4.62. The summed E-state index contributed by atoms with van der Waals surface area (Å²) in [7, 11) is 0. The first-order valence-corrected chi connectivity index (χ1v) is 8.64. The predicted molar refractivity (Wildman–Crippen MR) is 85.1 cm³/mol. The summed E-state index contributed by atoms with van der Waals surface area (Å²) in [6.07, 6.45) is 19.0. The lowest BCUT2D eigenvalue weighted by Gasteiger charge is -2.03. The minimum absolute atomic E-state index is 0.538. The van der Waals surface area contributed by atoms with E-state index in [1.165, 1.54) is 76.9 Å². The molecule has 0 aromatic carbocycles. The molecule has 0 radical (unpaired) electrons. The van der Waals surface area contributed by atoms with E-state index in [9.17, 15) is 0 Å². The summed E-state index contributed by atoms with van der Waals surface area (Å²) in [4.78, 5) is 9.26. The van der Waals surface area contributed by atoms with Crippen molar-refractivity contribution in [3.05, 3.63) is 12.3 Å². The molecule has 0 N–H and O–H groups in total. The third-order valence-electron chi connectivity index (χ3n) is 3.39. The molecule has 4 nitrogen and oxygen atoms in total. The van der Waals surface area contributed by atoms with E-state index < -0.39 is 0 Å². The van der Waals surface area contributed by atoms with E-state index in [1.54, 1.807) is 6.08 Å². The molecule has 0 aliphatic rings. The lowest BCUT2D eigenvalue weighted by Crippen LogP contribution is -1.97. The Morgan fingerprint density at radius 3 is 1.71 bits per heavy atom. The predicted octanol–water partition coefficient (Wildman–Crippen LogP) is 6.03. The molecule has 0 saturated carbocycles. The summed E-state index contributed by atoms with van der Waals surface area (Å²) >= 11 is 0. The Morgan fingerprint density at radius 2 is 1.19 bits per heavy atom. The SMILES string of the molecule is CC=COOOOCCCCCCCCCCCCCC. The molecule has 0 aromatic heterocycles. The highest BCUT2D eigenvalue weighted by Crippen LogP contribution is 2.11. The molecule has 0 aliphatic carbocycles. The van der Waals surface area contributed by atoms with Crippen LogP contribution in [-0.4, -0.2) is 6.61 Å². The van der Waals surface area contributed by atoms with Gasteiger partial charge >= 0.3 is 0 Å². The molecule has 0 saturated heterocycles. The minimum atomic E-state index is 0.538. The smallest absolute Gasteiger partial charge is 0.128 e. The van der Waals surface area contributed by atoms with Crippen LogP contribution in [0.15, 0.2) is 12.3 Å². The lowest BCUT2D eigenvalue weighted by molar-refractivity contribution is -0.621. The zero-order valence-electron chi connectivity index (χ0n) is 14.0. The summed E-state index contributed by atoms with van der Waals surface area (Å²) in [6.45, 7) is 4.62. The number of rotatable bonds is 17. The van der Waals surface area contributed by atoms with Gasteiger partial charge in [0.25, 0.3) is 0 Å².